The van der Waals surface area contributed by atoms with E-state index in [1.807, 2.05) is 12.1 Å². The summed E-state index contributed by atoms with van der Waals surface area (Å²) in [6, 6.07) is 5.75. The first-order chi connectivity index (χ1) is 3.93. The molecule has 0 atom stereocenters. The van der Waals surface area contributed by atoms with Gasteiger partial charge < -0.3 is 17.4 Å². The Morgan fingerprint density at radius 1 is 1.60 bits per heavy atom. The molecule has 0 fully saturated rings. The number of nitrogens with zero attached hydrogens (tertiary/aromatic N) is 1. The Morgan fingerprint density at radius 3 is 2.60 bits per heavy atom. The molecular weight excluding hydrogens is 199 g/mol. The van der Waals surface area contributed by atoms with Gasteiger partial charge in [0.2, 0.25) is 0 Å². The fourth-order valence-electron chi connectivity index (χ4n) is 0.557. The van der Waals surface area contributed by atoms with Crippen molar-refractivity contribution in [3.8, 4) is 0 Å². The molecule has 0 aliphatic rings. The van der Waals surface area contributed by atoms with Crippen molar-refractivity contribution in [2.45, 2.75) is 13.3 Å². The van der Waals surface area contributed by atoms with E-state index in [4.69, 9.17) is 0 Å². The molecule has 0 amide bonds. The van der Waals surface area contributed by atoms with Crippen LogP contribution < -0.4 is 12.4 Å². The Labute approximate surface area is 80.4 Å². The molecule has 1 heterocycles. The van der Waals surface area contributed by atoms with Crippen LogP contribution in [-0.2, 0) is 25.9 Å². The van der Waals surface area contributed by atoms with Crippen molar-refractivity contribution in [3.63, 3.8) is 0 Å². The maximum atomic E-state index is 3.97. The second kappa shape index (κ2) is 7.17. The SMILES string of the molecule is CCc1ccc[c-]n1.[Cl-].[Zn+2]. The molecule has 50 valence electrons. The van der Waals surface area contributed by atoms with Gasteiger partial charge in [-0.3, -0.25) is 0 Å². The zero-order chi connectivity index (χ0) is 5.82. The minimum Gasteiger partial charge on any atom is -1.00 e. The van der Waals surface area contributed by atoms with E-state index >= 15 is 0 Å². The fraction of sp³-hybridized carbons (Fsp3) is 0.286. The molecule has 0 saturated heterocycles. The average Bonchev–Trinajstić information content (AvgIpc) is 1.90. The largest absolute Gasteiger partial charge is 2.00 e. The van der Waals surface area contributed by atoms with Crippen LogP contribution in [0.3, 0.4) is 0 Å². The van der Waals surface area contributed by atoms with E-state index < -0.39 is 0 Å². The molecule has 0 saturated carbocycles. The van der Waals surface area contributed by atoms with Crippen molar-refractivity contribution in [1.82, 2.24) is 4.98 Å². The Morgan fingerprint density at radius 2 is 2.30 bits per heavy atom. The van der Waals surface area contributed by atoms with Crippen LogP contribution in [0, 0.1) is 6.20 Å². The monoisotopic (exact) mass is 205 g/mol. The van der Waals surface area contributed by atoms with E-state index in [0.29, 0.717) is 0 Å². The van der Waals surface area contributed by atoms with Gasteiger partial charge in [-0.25, -0.2) is 0 Å². The minimum absolute atomic E-state index is 0. The molecule has 3 heteroatoms. The van der Waals surface area contributed by atoms with Crippen LogP contribution >= 0.6 is 0 Å². The van der Waals surface area contributed by atoms with E-state index in [0.717, 1.165) is 12.1 Å². The Kier molecular flexibility index (Phi) is 9.12. The third-order valence-electron chi connectivity index (χ3n) is 1.03. The van der Waals surface area contributed by atoms with Crippen LogP contribution in [0.1, 0.15) is 12.6 Å². The van der Waals surface area contributed by atoms with Gasteiger partial charge in [0.15, 0.2) is 0 Å². The zero-order valence-electron chi connectivity index (χ0n) is 5.97. The van der Waals surface area contributed by atoms with Gasteiger partial charge in [0.05, 0.1) is 0 Å². The summed E-state index contributed by atoms with van der Waals surface area (Å²) in [4.78, 5) is 3.97. The van der Waals surface area contributed by atoms with Crippen LogP contribution in [-0.4, -0.2) is 4.98 Å². The van der Waals surface area contributed by atoms with Crippen molar-refractivity contribution >= 4 is 0 Å². The van der Waals surface area contributed by atoms with Gasteiger partial charge in [-0.05, 0) is 0 Å². The molecule has 1 nitrogen and oxygen atoms in total. The Hall–Kier alpha value is 0.0634. The molecule has 0 radical (unpaired) electrons. The van der Waals surface area contributed by atoms with Crippen molar-refractivity contribution in [2.75, 3.05) is 0 Å². The third kappa shape index (κ3) is 3.97. The molecule has 0 N–H and O–H groups in total. The van der Waals surface area contributed by atoms with Crippen LogP contribution in [0.5, 0.6) is 0 Å². The van der Waals surface area contributed by atoms with E-state index in [9.17, 15) is 0 Å². The minimum atomic E-state index is 0. The van der Waals surface area contributed by atoms with Crippen molar-refractivity contribution in [3.05, 3.63) is 30.1 Å². The second-order valence-electron chi connectivity index (χ2n) is 1.61. The van der Waals surface area contributed by atoms with Crippen LogP contribution in [0.4, 0.5) is 0 Å². The molecule has 1 aromatic heterocycles. The normalized spacial score (nSPS) is 7.30. The number of hydrogen-bond donors (Lipinski definition) is 0. The first kappa shape index (κ1) is 12.7. The molecule has 0 aromatic carbocycles. The molecule has 0 aliphatic heterocycles. The van der Waals surface area contributed by atoms with Crippen LogP contribution in [0.2, 0.25) is 0 Å². The van der Waals surface area contributed by atoms with Crippen molar-refractivity contribution in [1.29, 1.82) is 0 Å². The molecule has 1 rings (SSSR count). The van der Waals surface area contributed by atoms with Crippen LogP contribution in [0.25, 0.3) is 0 Å². The summed E-state index contributed by atoms with van der Waals surface area (Å²) in [7, 11) is 0. The number of hydrogen-bond acceptors (Lipinski definition) is 1. The predicted octanol–water partition coefficient (Wildman–Crippen LogP) is -1.55. The number of halogens is 1. The molecule has 0 unspecified atom stereocenters. The summed E-state index contributed by atoms with van der Waals surface area (Å²) in [6.45, 7) is 2.08. The number of rotatable bonds is 1. The van der Waals surface area contributed by atoms with Gasteiger partial charge >= 0.3 is 19.5 Å². The van der Waals surface area contributed by atoms with Gasteiger partial charge in [-0.2, -0.15) is 18.2 Å². The zero-order valence-corrected chi connectivity index (χ0v) is 9.69. The molecule has 0 aliphatic carbocycles. The number of aromatic nitrogens is 1. The quantitative estimate of drug-likeness (QED) is 0.401. The first-order valence-corrected chi connectivity index (χ1v) is 2.75. The topological polar surface area (TPSA) is 12.9 Å². The summed E-state index contributed by atoms with van der Waals surface area (Å²) in [5.74, 6) is 0. The van der Waals surface area contributed by atoms with Gasteiger partial charge in [-0.1, -0.05) is 25.2 Å². The maximum Gasteiger partial charge on any atom is 2.00 e. The van der Waals surface area contributed by atoms with E-state index in [2.05, 4.69) is 18.1 Å². The van der Waals surface area contributed by atoms with Gasteiger partial charge in [0, 0.05) is 0 Å². The van der Waals surface area contributed by atoms with Gasteiger partial charge in [0.25, 0.3) is 0 Å². The van der Waals surface area contributed by atoms with Crippen LogP contribution in [0.15, 0.2) is 18.2 Å². The second-order valence-corrected chi connectivity index (χ2v) is 1.61. The Bertz CT molecular complexity index is 155. The van der Waals surface area contributed by atoms with Gasteiger partial charge in [0.1, 0.15) is 0 Å². The molecule has 10 heavy (non-hydrogen) atoms. The summed E-state index contributed by atoms with van der Waals surface area (Å²) >= 11 is 0. The molecule has 1 aromatic rings. The van der Waals surface area contributed by atoms with Gasteiger partial charge in [-0.15, -0.1) is 0 Å². The fourth-order valence-corrected chi connectivity index (χ4v) is 0.557. The first-order valence-electron chi connectivity index (χ1n) is 2.75. The van der Waals surface area contributed by atoms with Crippen molar-refractivity contribution < 1.29 is 31.9 Å². The summed E-state index contributed by atoms with van der Waals surface area (Å²) in [5.41, 5.74) is 1.10. The molecular formula is C7H8ClNZn. The van der Waals surface area contributed by atoms with E-state index in [1.54, 1.807) is 6.07 Å². The molecule has 0 bridgehead atoms. The van der Waals surface area contributed by atoms with E-state index in [-0.39, 0.29) is 31.9 Å². The standard InChI is InChI=1S/C7H8N.ClH.Zn/c1-2-7-5-3-4-6-8-7;;/h3-5H,2H2,1H3;1H;/q-1;;+2/p-1. The van der Waals surface area contributed by atoms with Crippen molar-refractivity contribution in [2.24, 2.45) is 0 Å². The summed E-state index contributed by atoms with van der Waals surface area (Å²) in [6.07, 6.45) is 3.76. The van der Waals surface area contributed by atoms with E-state index in [1.165, 1.54) is 0 Å². The third-order valence-corrected chi connectivity index (χ3v) is 1.03. The predicted molar refractivity (Wildman–Crippen MR) is 32.5 cm³/mol. The molecule has 0 spiro atoms. The maximum absolute atomic E-state index is 3.97. The summed E-state index contributed by atoms with van der Waals surface area (Å²) < 4.78 is 0. The average molecular weight is 207 g/mol. The number of pyridine rings is 1. The Balaban J connectivity index is 0. The summed E-state index contributed by atoms with van der Waals surface area (Å²) in [5, 5.41) is 0. The smallest absolute Gasteiger partial charge is 1.00 e. The number of aryl methyl sites for hydroxylation is 1.